The quantitative estimate of drug-likeness (QED) is 0.736. The standard InChI is InChI=1S/C21H23N3O4S2/c1-4-24-20(26)18(13-19(25)22-17-8-6-5-7-15(17)3)29-21(24)23-30(27,28)16-11-9-14(2)10-12-16/h5-12,18H,4,13H2,1-3H3,(H,22,25)/t18-/m0/s1. The molecule has 0 bridgehead atoms. The number of hydrogen-bond donors (Lipinski definition) is 1. The second-order valence-corrected chi connectivity index (χ2v) is 9.69. The third kappa shape index (κ3) is 4.91. The Balaban J connectivity index is 1.77. The fourth-order valence-electron chi connectivity index (χ4n) is 2.95. The molecular weight excluding hydrogens is 422 g/mol. The molecule has 30 heavy (non-hydrogen) atoms. The van der Waals surface area contributed by atoms with Gasteiger partial charge in [-0.05, 0) is 44.5 Å². The summed E-state index contributed by atoms with van der Waals surface area (Å²) in [7, 11) is -3.96. The number of carbonyl (C=O) groups is 2. The van der Waals surface area contributed by atoms with Crippen LogP contribution in [0.1, 0.15) is 24.5 Å². The number of carbonyl (C=O) groups excluding carboxylic acids is 2. The predicted molar refractivity (Wildman–Crippen MR) is 119 cm³/mol. The number of benzene rings is 2. The van der Waals surface area contributed by atoms with Gasteiger partial charge in [0.1, 0.15) is 5.25 Å². The highest BCUT2D eigenvalue weighted by Gasteiger charge is 2.39. The Kier molecular flexibility index (Phi) is 6.62. The molecule has 1 aliphatic heterocycles. The number of thioether (sulfide) groups is 1. The Hall–Kier alpha value is -2.65. The van der Waals surface area contributed by atoms with Gasteiger partial charge >= 0.3 is 0 Å². The summed E-state index contributed by atoms with van der Waals surface area (Å²) in [6, 6.07) is 13.7. The lowest BCUT2D eigenvalue weighted by Gasteiger charge is -2.13. The molecule has 0 unspecified atom stereocenters. The van der Waals surface area contributed by atoms with Crippen molar-refractivity contribution in [2.45, 2.75) is 37.3 Å². The van der Waals surface area contributed by atoms with Gasteiger partial charge in [0.15, 0.2) is 5.17 Å². The highest BCUT2D eigenvalue weighted by atomic mass is 32.2. The van der Waals surface area contributed by atoms with Crippen molar-refractivity contribution in [1.29, 1.82) is 0 Å². The van der Waals surface area contributed by atoms with Gasteiger partial charge in [-0.1, -0.05) is 47.7 Å². The molecule has 1 fully saturated rings. The number of amides is 2. The first-order valence-electron chi connectivity index (χ1n) is 9.46. The summed E-state index contributed by atoms with van der Waals surface area (Å²) in [5.41, 5.74) is 2.53. The molecule has 2 aromatic rings. The average molecular weight is 446 g/mol. The molecule has 1 atom stereocenters. The van der Waals surface area contributed by atoms with Gasteiger partial charge in [0.2, 0.25) is 11.8 Å². The first-order chi connectivity index (χ1) is 14.2. The summed E-state index contributed by atoms with van der Waals surface area (Å²) in [6.07, 6.45) is -0.0715. The van der Waals surface area contributed by atoms with Crippen molar-refractivity contribution >= 4 is 44.5 Å². The van der Waals surface area contributed by atoms with Crippen molar-refractivity contribution in [2.75, 3.05) is 11.9 Å². The molecule has 0 aliphatic carbocycles. The first-order valence-corrected chi connectivity index (χ1v) is 11.8. The number of nitrogens with one attached hydrogen (secondary N) is 1. The molecule has 1 heterocycles. The highest BCUT2D eigenvalue weighted by Crippen LogP contribution is 2.31. The fourth-order valence-corrected chi connectivity index (χ4v) is 5.37. The largest absolute Gasteiger partial charge is 0.326 e. The number of aryl methyl sites for hydroxylation is 2. The number of anilines is 1. The van der Waals surface area contributed by atoms with Gasteiger partial charge in [-0.3, -0.25) is 14.5 Å². The van der Waals surface area contributed by atoms with E-state index in [0.29, 0.717) is 5.69 Å². The highest BCUT2D eigenvalue weighted by molar-refractivity contribution is 8.16. The van der Waals surface area contributed by atoms with Crippen molar-refractivity contribution in [3.8, 4) is 0 Å². The summed E-state index contributed by atoms with van der Waals surface area (Å²) < 4.78 is 29.2. The van der Waals surface area contributed by atoms with Crippen LogP contribution in [-0.4, -0.2) is 42.1 Å². The molecule has 0 aromatic heterocycles. The molecule has 3 rings (SSSR count). The van der Waals surface area contributed by atoms with Crippen LogP contribution in [0.25, 0.3) is 0 Å². The minimum atomic E-state index is -3.96. The molecule has 9 heteroatoms. The van der Waals surface area contributed by atoms with Crippen LogP contribution >= 0.6 is 11.8 Å². The maximum Gasteiger partial charge on any atom is 0.284 e. The topological polar surface area (TPSA) is 95.9 Å². The number of sulfonamides is 1. The number of hydrogen-bond acceptors (Lipinski definition) is 5. The maximum atomic E-state index is 12.7. The Morgan fingerprint density at radius 1 is 1.13 bits per heavy atom. The van der Waals surface area contributed by atoms with Crippen LogP contribution in [0.3, 0.4) is 0 Å². The van der Waals surface area contributed by atoms with Crippen LogP contribution in [0.15, 0.2) is 57.8 Å². The molecule has 0 radical (unpaired) electrons. The predicted octanol–water partition coefficient (Wildman–Crippen LogP) is 3.34. The van der Waals surface area contributed by atoms with Gasteiger partial charge in [0.25, 0.3) is 10.0 Å². The normalized spacial score (nSPS) is 18.1. The summed E-state index contributed by atoms with van der Waals surface area (Å²) in [5.74, 6) is -0.630. The Morgan fingerprint density at radius 3 is 2.43 bits per heavy atom. The number of nitrogens with zero attached hydrogens (tertiary/aromatic N) is 2. The van der Waals surface area contributed by atoms with E-state index in [0.717, 1.165) is 22.9 Å². The number of rotatable bonds is 6. The van der Waals surface area contributed by atoms with Crippen LogP contribution in [0, 0.1) is 13.8 Å². The van der Waals surface area contributed by atoms with Crippen LogP contribution in [-0.2, 0) is 19.6 Å². The van der Waals surface area contributed by atoms with Crippen molar-refractivity contribution in [3.05, 3.63) is 59.7 Å². The molecule has 1 saturated heterocycles. The summed E-state index contributed by atoms with van der Waals surface area (Å²) in [4.78, 5) is 26.5. The third-order valence-corrected chi connectivity index (χ3v) is 7.22. The molecule has 1 N–H and O–H groups in total. The van der Waals surface area contributed by atoms with E-state index in [4.69, 9.17) is 0 Å². The van der Waals surface area contributed by atoms with Gasteiger partial charge in [-0.15, -0.1) is 4.40 Å². The van der Waals surface area contributed by atoms with E-state index < -0.39 is 15.3 Å². The molecule has 0 saturated carbocycles. The van der Waals surface area contributed by atoms with Gasteiger partial charge < -0.3 is 5.32 Å². The second kappa shape index (κ2) is 9.01. The zero-order chi connectivity index (χ0) is 21.9. The van der Waals surface area contributed by atoms with E-state index in [1.807, 2.05) is 32.0 Å². The summed E-state index contributed by atoms with van der Waals surface area (Å²) >= 11 is 1.01. The van der Waals surface area contributed by atoms with Crippen molar-refractivity contribution < 1.29 is 18.0 Å². The zero-order valence-corrected chi connectivity index (χ0v) is 18.6. The summed E-state index contributed by atoms with van der Waals surface area (Å²) in [5, 5.41) is 2.18. The third-order valence-electron chi connectivity index (χ3n) is 4.64. The fraction of sp³-hybridized carbons (Fsp3) is 0.286. The SMILES string of the molecule is CCN1C(=O)[C@H](CC(=O)Nc2ccccc2C)SC1=NS(=O)(=O)c1ccc(C)cc1. The molecule has 2 aromatic carbocycles. The molecular formula is C21H23N3O4S2. The molecule has 7 nitrogen and oxygen atoms in total. The lowest BCUT2D eigenvalue weighted by atomic mass is 10.2. The van der Waals surface area contributed by atoms with Crippen molar-refractivity contribution in [3.63, 3.8) is 0 Å². The smallest absolute Gasteiger partial charge is 0.284 e. The lowest BCUT2D eigenvalue weighted by molar-refractivity contribution is -0.128. The van der Waals surface area contributed by atoms with Crippen LogP contribution in [0.4, 0.5) is 5.69 Å². The van der Waals surface area contributed by atoms with E-state index in [-0.39, 0.29) is 34.8 Å². The number of amidine groups is 1. The zero-order valence-electron chi connectivity index (χ0n) is 17.0. The second-order valence-electron chi connectivity index (χ2n) is 6.92. The van der Waals surface area contributed by atoms with Crippen molar-refractivity contribution in [1.82, 2.24) is 4.90 Å². The Labute approximate surface area is 180 Å². The van der Waals surface area contributed by atoms with Crippen molar-refractivity contribution in [2.24, 2.45) is 4.40 Å². The molecule has 1 aliphatic rings. The van der Waals surface area contributed by atoms with Gasteiger partial charge in [0, 0.05) is 18.7 Å². The van der Waals surface area contributed by atoms with E-state index >= 15 is 0 Å². The molecule has 0 spiro atoms. The first kappa shape index (κ1) is 22.0. The van der Waals surface area contributed by atoms with E-state index in [9.17, 15) is 18.0 Å². The van der Waals surface area contributed by atoms with Gasteiger partial charge in [0.05, 0.1) is 4.90 Å². The monoisotopic (exact) mass is 445 g/mol. The minimum Gasteiger partial charge on any atom is -0.326 e. The number of para-hydroxylation sites is 1. The minimum absolute atomic E-state index is 0.0606. The van der Waals surface area contributed by atoms with E-state index in [1.54, 1.807) is 25.1 Å². The van der Waals surface area contributed by atoms with Gasteiger partial charge in [-0.25, -0.2) is 0 Å². The molecule has 2 amide bonds. The summed E-state index contributed by atoms with van der Waals surface area (Å²) in [6.45, 7) is 5.75. The maximum absolute atomic E-state index is 12.7. The van der Waals surface area contributed by atoms with Crippen LogP contribution < -0.4 is 5.32 Å². The lowest BCUT2D eigenvalue weighted by Crippen LogP contribution is -2.33. The van der Waals surface area contributed by atoms with Gasteiger partial charge in [-0.2, -0.15) is 8.42 Å². The molecule has 158 valence electrons. The Bertz CT molecular complexity index is 1100. The average Bonchev–Trinajstić information content (AvgIpc) is 2.97. The van der Waals surface area contributed by atoms with E-state index in [2.05, 4.69) is 9.71 Å². The van der Waals surface area contributed by atoms with Crippen LogP contribution in [0.5, 0.6) is 0 Å². The Morgan fingerprint density at radius 2 is 1.80 bits per heavy atom. The van der Waals surface area contributed by atoms with E-state index in [1.165, 1.54) is 17.0 Å². The van der Waals surface area contributed by atoms with Crippen LogP contribution in [0.2, 0.25) is 0 Å².